The average Bonchev–Trinajstić information content (AvgIpc) is 2.32. The van der Waals surface area contributed by atoms with Crippen LogP contribution in [0.5, 0.6) is 0 Å². The summed E-state index contributed by atoms with van der Waals surface area (Å²) in [7, 11) is 0. The van der Waals surface area contributed by atoms with Crippen LogP contribution < -0.4 is 5.43 Å². The summed E-state index contributed by atoms with van der Waals surface area (Å²) in [5.41, 5.74) is 8.64. The van der Waals surface area contributed by atoms with Crippen LogP contribution in [-0.4, -0.2) is 11.2 Å². The Hall–Kier alpha value is -2.16. The first-order valence-corrected chi connectivity index (χ1v) is 5.93. The summed E-state index contributed by atoms with van der Waals surface area (Å²) in [4.78, 5) is 4.12. The molecule has 0 saturated heterocycles. The van der Waals surface area contributed by atoms with E-state index in [0.29, 0.717) is 0 Å². The lowest BCUT2D eigenvalue weighted by Gasteiger charge is -2.05. The van der Waals surface area contributed by atoms with E-state index in [1.807, 2.05) is 25.3 Å². The van der Waals surface area contributed by atoms with Crippen molar-refractivity contribution in [2.45, 2.75) is 20.8 Å². The van der Waals surface area contributed by atoms with Crippen LogP contribution in [0, 0.1) is 20.8 Å². The Morgan fingerprint density at radius 1 is 1.06 bits per heavy atom. The Kier molecular flexibility index (Phi) is 3.72. The Labute approximate surface area is 108 Å². The number of pyridine rings is 1. The molecular weight excluding hydrogens is 222 g/mol. The number of rotatable bonds is 3. The van der Waals surface area contributed by atoms with E-state index in [1.54, 1.807) is 12.4 Å². The third kappa shape index (κ3) is 3.17. The van der Waals surface area contributed by atoms with E-state index in [4.69, 9.17) is 0 Å². The third-order valence-corrected chi connectivity index (χ3v) is 2.68. The number of hydrazone groups is 1. The quantitative estimate of drug-likeness (QED) is 0.658. The average molecular weight is 239 g/mol. The molecule has 2 rings (SSSR count). The molecule has 0 fully saturated rings. The van der Waals surface area contributed by atoms with Crippen molar-refractivity contribution >= 4 is 11.9 Å². The van der Waals surface area contributed by atoms with Gasteiger partial charge in [-0.05, 0) is 44.0 Å². The number of aromatic nitrogens is 1. The second-order valence-corrected chi connectivity index (χ2v) is 4.48. The van der Waals surface area contributed by atoms with Crippen LogP contribution >= 0.6 is 0 Å². The minimum Gasteiger partial charge on any atom is -0.278 e. The van der Waals surface area contributed by atoms with Crippen LogP contribution in [0.15, 0.2) is 41.8 Å². The second kappa shape index (κ2) is 5.45. The number of nitrogens with zero attached hydrogens (tertiary/aromatic N) is 2. The minimum atomic E-state index is 0.993. The molecular formula is C15H17N3. The molecule has 1 N–H and O–H groups in total. The predicted molar refractivity (Wildman–Crippen MR) is 76.1 cm³/mol. The van der Waals surface area contributed by atoms with E-state index in [2.05, 4.69) is 41.5 Å². The Morgan fingerprint density at radius 3 is 2.61 bits per heavy atom. The molecule has 18 heavy (non-hydrogen) atoms. The van der Waals surface area contributed by atoms with Gasteiger partial charge in [-0.15, -0.1) is 0 Å². The summed E-state index contributed by atoms with van der Waals surface area (Å²) in [6, 6.07) is 8.28. The Balaban J connectivity index is 2.07. The highest BCUT2D eigenvalue weighted by Crippen LogP contribution is 2.15. The molecule has 0 aliphatic heterocycles. The van der Waals surface area contributed by atoms with Crippen LogP contribution in [0.1, 0.15) is 22.3 Å². The number of nitrogens with one attached hydrogen (secondary N) is 1. The first-order valence-electron chi connectivity index (χ1n) is 5.93. The van der Waals surface area contributed by atoms with Crippen molar-refractivity contribution in [1.29, 1.82) is 0 Å². The van der Waals surface area contributed by atoms with Crippen LogP contribution in [-0.2, 0) is 0 Å². The molecule has 0 saturated carbocycles. The first-order chi connectivity index (χ1) is 8.65. The highest BCUT2D eigenvalue weighted by Gasteiger charge is 1.96. The highest BCUT2D eigenvalue weighted by atomic mass is 15.3. The van der Waals surface area contributed by atoms with Crippen LogP contribution in [0.2, 0.25) is 0 Å². The van der Waals surface area contributed by atoms with Gasteiger partial charge in [-0.3, -0.25) is 10.4 Å². The van der Waals surface area contributed by atoms with E-state index in [0.717, 1.165) is 16.8 Å². The minimum absolute atomic E-state index is 0.993. The summed E-state index contributed by atoms with van der Waals surface area (Å²) in [6.07, 6.45) is 5.40. The van der Waals surface area contributed by atoms with Gasteiger partial charge in [-0.2, -0.15) is 5.10 Å². The Morgan fingerprint density at radius 2 is 1.89 bits per heavy atom. The van der Waals surface area contributed by atoms with E-state index in [9.17, 15) is 0 Å². The van der Waals surface area contributed by atoms with Crippen LogP contribution in [0.25, 0.3) is 0 Å². The number of aryl methyl sites for hydroxylation is 3. The molecule has 0 radical (unpaired) electrons. The molecule has 0 bridgehead atoms. The predicted octanol–water partition coefficient (Wildman–Crippen LogP) is 3.45. The van der Waals surface area contributed by atoms with Crippen molar-refractivity contribution < 1.29 is 0 Å². The number of hydrogen-bond acceptors (Lipinski definition) is 3. The molecule has 0 aliphatic rings. The maximum Gasteiger partial charge on any atom is 0.0591 e. The fourth-order valence-corrected chi connectivity index (χ4v) is 1.76. The Bertz CT molecular complexity index is 574. The molecule has 92 valence electrons. The smallest absolute Gasteiger partial charge is 0.0591 e. The fourth-order valence-electron chi connectivity index (χ4n) is 1.76. The molecule has 0 aliphatic carbocycles. The molecule has 3 heteroatoms. The van der Waals surface area contributed by atoms with Gasteiger partial charge in [0.1, 0.15) is 0 Å². The zero-order valence-electron chi connectivity index (χ0n) is 10.9. The fraction of sp³-hybridized carbons (Fsp3) is 0.200. The van der Waals surface area contributed by atoms with Gasteiger partial charge in [-0.1, -0.05) is 17.7 Å². The van der Waals surface area contributed by atoms with Gasteiger partial charge >= 0.3 is 0 Å². The number of anilines is 1. The van der Waals surface area contributed by atoms with E-state index in [1.165, 1.54) is 11.1 Å². The van der Waals surface area contributed by atoms with Crippen molar-refractivity contribution in [3.05, 3.63) is 58.9 Å². The lowest BCUT2D eigenvalue weighted by molar-refractivity contribution is 1.25. The molecule has 0 unspecified atom stereocenters. The van der Waals surface area contributed by atoms with E-state index in [-0.39, 0.29) is 0 Å². The first kappa shape index (κ1) is 12.3. The largest absolute Gasteiger partial charge is 0.278 e. The molecule has 0 amide bonds. The zero-order chi connectivity index (χ0) is 13.0. The van der Waals surface area contributed by atoms with Crippen molar-refractivity contribution in [3.63, 3.8) is 0 Å². The molecule has 3 nitrogen and oxygen atoms in total. The second-order valence-electron chi connectivity index (χ2n) is 4.48. The summed E-state index contributed by atoms with van der Waals surface area (Å²) in [5.74, 6) is 0. The van der Waals surface area contributed by atoms with Crippen molar-refractivity contribution in [2.75, 3.05) is 5.43 Å². The van der Waals surface area contributed by atoms with Gasteiger partial charge in [0.25, 0.3) is 0 Å². The van der Waals surface area contributed by atoms with Crippen LogP contribution in [0.4, 0.5) is 5.69 Å². The van der Waals surface area contributed by atoms with Gasteiger partial charge in [0.2, 0.25) is 0 Å². The molecule has 1 aromatic heterocycles. The summed E-state index contributed by atoms with van der Waals surface area (Å²) < 4.78 is 0. The molecule has 0 spiro atoms. The lowest BCUT2D eigenvalue weighted by atomic mass is 10.1. The topological polar surface area (TPSA) is 37.3 Å². The number of benzene rings is 1. The van der Waals surface area contributed by atoms with Crippen LogP contribution in [0.3, 0.4) is 0 Å². The van der Waals surface area contributed by atoms with Gasteiger partial charge in [0, 0.05) is 18.0 Å². The molecule has 0 atom stereocenters. The standard InChI is InChI=1S/C15H17N3/c1-11-4-5-15(13(3)6-11)18-17-10-14-7-12(2)8-16-9-14/h4-10,18H,1-3H3/b17-10+. The summed E-state index contributed by atoms with van der Waals surface area (Å²) in [6.45, 7) is 6.17. The van der Waals surface area contributed by atoms with E-state index >= 15 is 0 Å². The van der Waals surface area contributed by atoms with Gasteiger partial charge in [0.15, 0.2) is 0 Å². The molecule has 1 heterocycles. The van der Waals surface area contributed by atoms with Gasteiger partial charge in [0.05, 0.1) is 11.9 Å². The number of hydrogen-bond donors (Lipinski definition) is 1. The SMILES string of the molecule is Cc1cncc(/C=N/Nc2ccc(C)cc2C)c1. The maximum absolute atomic E-state index is 4.23. The molecule has 2 aromatic rings. The normalized spacial score (nSPS) is 10.8. The highest BCUT2D eigenvalue weighted by molar-refractivity contribution is 5.80. The van der Waals surface area contributed by atoms with Gasteiger partial charge < -0.3 is 0 Å². The van der Waals surface area contributed by atoms with Crippen molar-refractivity contribution in [1.82, 2.24) is 4.98 Å². The lowest BCUT2D eigenvalue weighted by Crippen LogP contribution is -1.94. The summed E-state index contributed by atoms with van der Waals surface area (Å²) >= 11 is 0. The third-order valence-electron chi connectivity index (χ3n) is 2.68. The van der Waals surface area contributed by atoms with E-state index < -0.39 is 0 Å². The maximum atomic E-state index is 4.23. The zero-order valence-corrected chi connectivity index (χ0v) is 10.9. The van der Waals surface area contributed by atoms with Gasteiger partial charge in [-0.25, -0.2) is 0 Å². The molecule has 1 aromatic carbocycles. The van der Waals surface area contributed by atoms with Crippen molar-refractivity contribution in [3.8, 4) is 0 Å². The van der Waals surface area contributed by atoms with Crippen molar-refractivity contribution in [2.24, 2.45) is 5.10 Å². The monoisotopic (exact) mass is 239 g/mol. The summed E-state index contributed by atoms with van der Waals surface area (Å²) in [5, 5.41) is 4.23.